The summed E-state index contributed by atoms with van der Waals surface area (Å²) in [6.45, 7) is 1.61. The number of rotatable bonds is 4. The van der Waals surface area contributed by atoms with Crippen LogP contribution in [0.25, 0.3) is 0 Å². The lowest BCUT2D eigenvalue weighted by atomic mass is 10.1. The van der Waals surface area contributed by atoms with E-state index in [2.05, 4.69) is 0 Å². The molecule has 2 aromatic rings. The Kier molecular flexibility index (Phi) is 4.17. The number of halogens is 2. The molecule has 0 bridgehead atoms. The Labute approximate surface area is 115 Å². The van der Waals surface area contributed by atoms with Crippen LogP contribution in [0.2, 0.25) is 5.02 Å². The molecule has 0 aliphatic heterocycles. The van der Waals surface area contributed by atoms with E-state index < -0.39 is 5.82 Å². The van der Waals surface area contributed by atoms with Crippen LogP contribution in [-0.2, 0) is 6.61 Å². The summed E-state index contributed by atoms with van der Waals surface area (Å²) in [5, 5.41) is 0.605. The summed E-state index contributed by atoms with van der Waals surface area (Å²) in [5.74, 6) is -0.611. The maximum absolute atomic E-state index is 13.7. The fourth-order valence-electron chi connectivity index (χ4n) is 1.62. The van der Waals surface area contributed by atoms with Crippen LogP contribution in [0.15, 0.2) is 42.5 Å². The molecule has 2 nitrogen and oxygen atoms in total. The first kappa shape index (κ1) is 13.6. The van der Waals surface area contributed by atoms with Crippen molar-refractivity contribution < 1.29 is 13.9 Å². The lowest BCUT2D eigenvalue weighted by Crippen LogP contribution is -1.99. The van der Waals surface area contributed by atoms with Crippen LogP contribution in [0.3, 0.4) is 0 Å². The van der Waals surface area contributed by atoms with E-state index in [9.17, 15) is 9.18 Å². The van der Waals surface area contributed by atoms with Gasteiger partial charge >= 0.3 is 0 Å². The average Bonchev–Trinajstić information content (AvgIpc) is 2.37. The molecule has 98 valence electrons. The van der Waals surface area contributed by atoms with Gasteiger partial charge in [0.25, 0.3) is 0 Å². The fourth-order valence-corrected chi connectivity index (χ4v) is 1.84. The Bertz CT molecular complexity index is 611. The Morgan fingerprint density at radius 2 is 2.05 bits per heavy atom. The topological polar surface area (TPSA) is 26.3 Å². The number of hydrogen-bond acceptors (Lipinski definition) is 2. The Morgan fingerprint density at radius 1 is 1.26 bits per heavy atom. The monoisotopic (exact) mass is 278 g/mol. The second kappa shape index (κ2) is 5.85. The van der Waals surface area contributed by atoms with Crippen molar-refractivity contribution in [1.29, 1.82) is 0 Å². The number of benzene rings is 2. The fraction of sp³-hybridized carbons (Fsp3) is 0.133. The van der Waals surface area contributed by atoms with Gasteiger partial charge in [-0.2, -0.15) is 0 Å². The molecule has 0 saturated carbocycles. The molecule has 19 heavy (non-hydrogen) atoms. The van der Waals surface area contributed by atoms with Gasteiger partial charge in [0.05, 0.1) is 0 Å². The number of Topliss-reactive ketones (excluding diaryl/α,β-unsaturated/α-hetero) is 1. The van der Waals surface area contributed by atoms with Crippen LogP contribution in [-0.4, -0.2) is 5.78 Å². The summed E-state index contributed by atoms with van der Waals surface area (Å²) in [5.41, 5.74) is 1.18. The van der Waals surface area contributed by atoms with Crippen molar-refractivity contribution >= 4 is 17.4 Å². The highest BCUT2D eigenvalue weighted by molar-refractivity contribution is 6.30. The summed E-state index contributed by atoms with van der Waals surface area (Å²) in [6.07, 6.45) is 0. The third-order valence-electron chi connectivity index (χ3n) is 2.62. The van der Waals surface area contributed by atoms with Crippen LogP contribution in [0.1, 0.15) is 22.8 Å². The van der Waals surface area contributed by atoms with Crippen molar-refractivity contribution in [2.75, 3.05) is 0 Å². The van der Waals surface area contributed by atoms with Crippen molar-refractivity contribution in [3.05, 3.63) is 64.4 Å². The largest absolute Gasteiger partial charge is 0.486 e. The lowest BCUT2D eigenvalue weighted by molar-refractivity contribution is 0.101. The van der Waals surface area contributed by atoms with Gasteiger partial charge in [-0.3, -0.25) is 4.79 Å². The molecule has 0 aliphatic rings. The molecule has 0 aromatic heterocycles. The smallest absolute Gasteiger partial charge is 0.165 e. The Balaban J connectivity index is 2.10. The van der Waals surface area contributed by atoms with Gasteiger partial charge in [-0.1, -0.05) is 23.7 Å². The van der Waals surface area contributed by atoms with E-state index in [0.717, 1.165) is 5.56 Å². The second-order valence-corrected chi connectivity index (χ2v) is 4.56. The Morgan fingerprint density at radius 3 is 2.68 bits per heavy atom. The van der Waals surface area contributed by atoms with Crippen LogP contribution in [0.4, 0.5) is 4.39 Å². The first-order chi connectivity index (χ1) is 9.06. The molecule has 2 rings (SSSR count). The minimum absolute atomic E-state index is 0.116. The Hall–Kier alpha value is -1.87. The number of ether oxygens (including phenoxy) is 1. The highest BCUT2D eigenvalue weighted by Crippen LogP contribution is 2.20. The van der Waals surface area contributed by atoms with Crippen molar-refractivity contribution in [1.82, 2.24) is 0 Å². The molecule has 0 N–H and O–H groups in total. The SMILES string of the molecule is CC(=O)c1ccc(OCc2cccc(Cl)c2)c(F)c1. The standard InChI is InChI=1S/C15H12ClFO2/c1-10(18)12-5-6-15(14(17)8-12)19-9-11-3-2-4-13(16)7-11/h2-8H,9H2,1H3. The molecule has 0 fully saturated rings. The molecule has 0 atom stereocenters. The highest BCUT2D eigenvalue weighted by atomic mass is 35.5. The second-order valence-electron chi connectivity index (χ2n) is 4.12. The molecule has 0 saturated heterocycles. The van der Waals surface area contributed by atoms with Crippen molar-refractivity contribution in [3.63, 3.8) is 0 Å². The number of carbonyl (C=O) groups excluding carboxylic acids is 1. The molecule has 0 unspecified atom stereocenters. The number of carbonyl (C=O) groups is 1. The highest BCUT2D eigenvalue weighted by Gasteiger charge is 2.07. The molecule has 0 aliphatic carbocycles. The summed E-state index contributed by atoms with van der Waals surface area (Å²) < 4.78 is 19.1. The summed E-state index contributed by atoms with van der Waals surface area (Å²) in [6, 6.07) is 11.3. The van der Waals surface area contributed by atoms with E-state index in [4.69, 9.17) is 16.3 Å². The van der Waals surface area contributed by atoms with Gasteiger partial charge in [0.2, 0.25) is 0 Å². The van der Waals surface area contributed by atoms with Crippen molar-refractivity contribution in [3.8, 4) is 5.75 Å². The number of hydrogen-bond donors (Lipinski definition) is 0. The van der Waals surface area contributed by atoms with Crippen LogP contribution in [0.5, 0.6) is 5.75 Å². The molecule has 0 heterocycles. The maximum Gasteiger partial charge on any atom is 0.165 e. The van der Waals surface area contributed by atoms with E-state index in [0.29, 0.717) is 10.6 Å². The van der Waals surface area contributed by atoms with Gasteiger partial charge in [0.15, 0.2) is 17.3 Å². The summed E-state index contributed by atoms with van der Waals surface area (Å²) in [4.78, 5) is 11.1. The molecule has 0 amide bonds. The van der Waals surface area contributed by atoms with Crippen LogP contribution < -0.4 is 4.74 Å². The molecule has 0 spiro atoms. The van der Waals surface area contributed by atoms with Gasteiger partial charge < -0.3 is 4.74 Å². The quantitative estimate of drug-likeness (QED) is 0.781. The van der Waals surface area contributed by atoms with Crippen LogP contribution >= 0.6 is 11.6 Å². The predicted molar refractivity (Wildman–Crippen MR) is 72.2 cm³/mol. The zero-order valence-electron chi connectivity index (χ0n) is 10.3. The average molecular weight is 279 g/mol. The van der Waals surface area contributed by atoms with Crippen molar-refractivity contribution in [2.45, 2.75) is 13.5 Å². The molecule has 4 heteroatoms. The first-order valence-electron chi connectivity index (χ1n) is 5.74. The first-order valence-corrected chi connectivity index (χ1v) is 6.12. The summed E-state index contributed by atoms with van der Waals surface area (Å²) in [7, 11) is 0. The minimum atomic E-state index is -0.547. The van der Waals surface area contributed by atoms with E-state index in [1.807, 2.05) is 6.07 Å². The summed E-state index contributed by atoms with van der Waals surface area (Å²) >= 11 is 5.85. The predicted octanol–water partition coefficient (Wildman–Crippen LogP) is 4.26. The molecule has 2 aromatic carbocycles. The van der Waals surface area contributed by atoms with Gasteiger partial charge in [-0.15, -0.1) is 0 Å². The molecular formula is C15H12ClFO2. The lowest BCUT2D eigenvalue weighted by Gasteiger charge is -2.08. The normalized spacial score (nSPS) is 10.3. The van der Waals surface area contributed by atoms with Gasteiger partial charge in [-0.25, -0.2) is 4.39 Å². The van der Waals surface area contributed by atoms with Gasteiger partial charge in [0, 0.05) is 10.6 Å². The zero-order valence-corrected chi connectivity index (χ0v) is 11.1. The maximum atomic E-state index is 13.7. The van der Waals surface area contributed by atoms with Crippen molar-refractivity contribution in [2.24, 2.45) is 0 Å². The molecular weight excluding hydrogens is 267 g/mol. The van der Waals surface area contributed by atoms with Gasteiger partial charge in [-0.05, 0) is 42.8 Å². The van der Waals surface area contributed by atoms with E-state index in [-0.39, 0.29) is 18.1 Å². The van der Waals surface area contributed by atoms with E-state index >= 15 is 0 Å². The minimum Gasteiger partial charge on any atom is -0.486 e. The third kappa shape index (κ3) is 3.55. The van der Waals surface area contributed by atoms with E-state index in [1.165, 1.54) is 19.1 Å². The van der Waals surface area contributed by atoms with Gasteiger partial charge in [0.1, 0.15) is 6.61 Å². The third-order valence-corrected chi connectivity index (χ3v) is 2.86. The van der Waals surface area contributed by atoms with E-state index in [1.54, 1.807) is 24.3 Å². The zero-order chi connectivity index (χ0) is 13.8. The van der Waals surface area contributed by atoms with Crippen LogP contribution in [0, 0.1) is 5.82 Å². The molecule has 0 radical (unpaired) electrons. The number of ketones is 1.